The lowest BCUT2D eigenvalue weighted by Gasteiger charge is -2.38. The fourth-order valence-corrected chi connectivity index (χ4v) is 13.0. The summed E-state index contributed by atoms with van der Waals surface area (Å²) < 4.78 is 59.4. The van der Waals surface area contributed by atoms with E-state index in [-0.39, 0.29) is 101 Å². The van der Waals surface area contributed by atoms with E-state index in [0.717, 1.165) is 22.3 Å². The molecule has 7 amide bonds. The van der Waals surface area contributed by atoms with Gasteiger partial charge in [-0.15, -0.1) is 0 Å². The minimum absolute atomic E-state index is 0.00579. The van der Waals surface area contributed by atoms with E-state index < -0.39 is 82.7 Å². The van der Waals surface area contributed by atoms with E-state index in [0.29, 0.717) is 54.9 Å². The monoisotopic (exact) mass is 1480 g/mol. The number of carboxylic acid groups (broad SMARTS) is 1. The van der Waals surface area contributed by atoms with Crippen molar-refractivity contribution in [1.82, 2.24) is 20.4 Å². The average Bonchev–Trinajstić information content (AvgIpc) is 1.72. The van der Waals surface area contributed by atoms with Gasteiger partial charge < -0.3 is 77.6 Å². The van der Waals surface area contributed by atoms with Crippen molar-refractivity contribution in [2.75, 3.05) is 77.4 Å². The Morgan fingerprint density at radius 2 is 1.02 bits per heavy atom. The van der Waals surface area contributed by atoms with Crippen LogP contribution in [-0.2, 0) is 34.5 Å². The molecule has 0 fully saturated rings. The number of carbonyl (C=O) groups excluding carboxylic acids is 6. The molecule has 0 aliphatic carbocycles. The molecule has 5 aromatic rings. The van der Waals surface area contributed by atoms with E-state index >= 15 is 4.79 Å². The van der Waals surface area contributed by atoms with Crippen molar-refractivity contribution in [2.24, 2.45) is 5.92 Å². The Balaban J connectivity index is 1.07. The van der Waals surface area contributed by atoms with Crippen LogP contribution in [0.1, 0.15) is 132 Å². The summed E-state index contributed by atoms with van der Waals surface area (Å²) in [4.78, 5) is 98.5. The van der Waals surface area contributed by atoms with E-state index in [4.69, 9.17) is 46.7 Å². The lowest BCUT2D eigenvalue weighted by Crippen LogP contribution is -2.53. The van der Waals surface area contributed by atoms with Gasteiger partial charge in [-0.2, -0.15) is 0 Å². The van der Waals surface area contributed by atoms with Crippen LogP contribution >= 0.6 is 0 Å². The van der Waals surface area contributed by atoms with Gasteiger partial charge >= 0.3 is 18.3 Å². The number of unbranched alkanes of at least 4 members (excludes halogenated alkanes) is 2. The third-order valence-corrected chi connectivity index (χ3v) is 28.3. The number of amides is 7. The number of nitrogens with one attached hydrogen (secondary N) is 5. The Labute approximate surface area is 618 Å². The molecule has 0 aromatic heterocycles. The number of anilines is 3. The molecule has 4 atom stereocenters. The maximum atomic E-state index is 15.4. The summed E-state index contributed by atoms with van der Waals surface area (Å²) in [6.45, 7) is 30.6. The molecule has 7 rings (SSSR count). The minimum Gasteiger partial charge on any atom is -0.497 e. The van der Waals surface area contributed by atoms with Crippen LogP contribution in [0.4, 0.5) is 31.4 Å². The molecule has 0 saturated carbocycles. The molecular weight excluding hydrogens is 1380 g/mol. The molecule has 5 aromatic carbocycles. The number of methoxy groups -OCH3 is 4. The highest BCUT2D eigenvalue weighted by atomic mass is 28.4. The SMILES string of the molecule is C=CCOC(=O)NC(C(=O)NC(C)C(=O)Nc1ccc(COC(=O)Nc2cc(OCCCCCOc3cc(NC(=O)O)c(C(=O)N4C=C(c5ccc(OC)cc5)CC4CO[Si](C)(C)C(C)(C)C)cc3OC)c(OC)cc2C(=O)N2C=C(c3ccc(OC)cc3)CC2CO[Si](C)(C)C(C)(C)C)cc1)C(C)C. The summed E-state index contributed by atoms with van der Waals surface area (Å²) in [6, 6.07) is 24.8. The van der Waals surface area contributed by atoms with Crippen molar-refractivity contribution < 1.29 is 85.4 Å². The van der Waals surface area contributed by atoms with E-state index in [1.807, 2.05) is 54.7 Å². The Hall–Kier alpha value is -9.84. The first-order chi connectivity index (χ1) is 49.6. The van der Waals surface area contributed by atoms with E-state index in [9.17, 15) is 33.9 Å². The first-order valence-corrected chi connectivity index (χ1v) is 40.9. The van der Waals surface area contributed by atoms with Gasteiger partial charge in [0.25, 0.3) is 11.8 Å². The number of nitrogens with zero attached hydrogens (tertiary/aromatic N) is 2. The number of alkyl carbamates (subject to hydrolysis) is 1. The topological polar surface area (TPSA) is 299 Å². The second-order valence-corrected chi connectivity index (χ2v) is 38.8. The quantitative estimate of drug-likeness (QED) is 0.0127. The zero-order valence-electron chi connectivity index (χ0n) is 63.6. The first-order valence-electron chi connectivity index (χ1n) is 35.1. The predicted molar refractivity (Wildman–Crippen MR) is 410 cm³/mol. The molecule has 0 spiro atoms. The number of benzene rings is 5. The summed E-state index contributed by atoms with van der Waals surface area (Å²) in [7, 11) is 1.50. The van der Waals surface area contributed by atoms with Crippen LogP contribution in [0, 0.1) is 5.92 Å². The molecule has 568 valence electrons. The van der Waals surface area contributed by atoms with Crippen molar-refractivity contribution >= 4 is 86.8 Å². The van der Waals surface area contributed by atoms with Gasteiger partial charge in [-0.25, -0.2) is 14.4 Å². The van der Waals surface area contributed by atoms with E-state index in [2.05, 4.69) is 101 Å². The molecule has 25 nitrogen and oxygen atoms in total. The fourth-order valence-electron chi connectivity index (χ4n) is 10.9. The van der Waals surface area contributed by atoms with Crippen molar-refractivity contribution in [3.05, 3.63) is 150 Å². The van der Waals surface area contributed by atoms with Crippen LogP contribution in [0.15, 0.2) is 122 Å². The normalized spacial score (nSPS) is 15.1. The summed E-state index contributed by atoms with van der Waals surface area (Å²) in [5, 5.41) is 23.0. The van der Waals surface area contributed by atoms with Crippen molar-refractivity contribution in [3.8, 4) is 34.5 Å². The summed E-state index contributed by atoms with van der Waals surface area (Å²) in [5.74, 6) is -0.132. The van der Waals surface area contributed by atoms with Gasteiger partial charge in [-0.05, 0) is 158 Å². The van der Waals surface area contributed by atoms with Gasteiger partial charge in [0.05, 0.1) is 89.5 Å². The molecule has 2 aliphatic rings. The lowest BCUT2D eigenvalue weighted by molar-refractivity contribution is -0.128. The highest BCUT2D eigenvalue weighted by Crippen LogP contribution is 2.43. The molecule has 27 heteroatoms. The molecule has 0 radical (unpaired) electrons. The molecule has 0 bridgehead atoms. The minimum atomic E-state index is -2.33. The summed E-state index contributed by atoms with van der Waals surface area (Å²) >= 11 is 0. The third kappa shape index (κ3) is 22.4. The largest absolute Gasteiger partial charge is 0.497 e. The number of ether oxygens (including phenoxy) is 8. The third-order valence-electron chi connectivity index (χ3n) is 19.3. The first kappa shape index (κ1) is 82.4. The number of carbonyl (C=O) groups is 7. The number of hydrogen-bond donors (Lipinski definition) is 6. The average molecular weight is 1480 g/mol. The summed E-state index contributed by atoms with van der Waals surface area (Å²) in [6.07, 6.45) is 4.49. The second kappa shape index (κ2) is 36.7. The lowest BCUT2D eigenvalue weighted by atomic mass is 10.0. The molecular formula is C78H105N7O18Si2. The van der Waals surface area contributed by atoms with Gasteiger partial charge in [0, 0.05) is 30.2 Å². The van der Waals surface area contributed by atoms with Gasteiger partial charge in [-0.3, -0.25) is 29.8 Å². The van der Waals surface area contributed by atoms with E-state index in [1.54, 1.807) is 68.3 Å². The van der Waals surface area contributed by atoms with Crippen LogP contribution in [0.25, 0.3) is 11.1 Å². The van der Waals surface area contributed by atoms with Gasteiger partial charge in [0.2, 0.25) is 11.8 Å². The van der Waals surface area contributed by atoms with Crippen LogP contribution < -0.4 is 55.0 Å². The maximum Gasteiger partial charge on any atom is 0.411 e. The molecule has 4 unspecified atom stereocenters. The predicted octanol–water partition coefficient (Wildman–Crippen LogP) is 15.1. The van der Waals surface area contributed by atoms with E-state index in [1.165, 1.54) is 51.5 Å². The van der Waals surface area contributed by atoms with Crippen LogP contribution in [-0.4, -0.2) is 159 Å². The Kier molecular flexibility index (Phi) is 28.8. The van der Waals surface area contributed by atoms with Crippen molar-refractivity contribution in [1.29, 1.82) is 0 Å². The van der Waals surface area contributed by atoms with Gasteiger partial charge in [0.15, 0.2) is 39.6 Å². The number of hydrogen-bond acceptors (Lipinski definition) is 17. The van der Waals surface area contributed by atoms with Crippen LogP contribution in [0.3, 0.4) is 0 Å². The molecule has 0 saturated heterocycles. The Morgan fingerprint density at radius 1 is 0.562 bits per heavy atom. The Morgan fingerprint density at radius 3 is 1.43 bits per heavy atom. The highest BCUT2D eigenvalue weighted by Gasteiger charge is 2.42. The number of rotatable bonds is 34. The van der Waals surface area contributed by atoms with Crippen molar-refractivity contribution in [3.63, 3.8) is 0 Å². The zero-order valence-corrected chi connectivity index (χ0v) is 65.6. The van der Waals surface area contributed by atoms with Gasteiger partial charge in [0.1, 0.15) is 36.8 Å². The standard InChI is InChI=1S/C78H105N7O18Si2/c1-19-35-100-76(93)83-69(49(2)3)71(87)79-50(4)70(86)80-56-29-23-51(24-30-56)46-101-75(92)82-64-43-68(66(97-14)41-62(64)73(89)85-45-55(53-27-33-60(95-12)34-28-53)39-58(85)48-103-105(17,18)78(8,9)10)99-37-22-20-21-36-98-67-42-63(81-74(90)91)61(40-65(67)96-13)72(88)84-44-54(52-25-31-59(94-11)32-26-52)38-57(84)47-102-104(15,16)77(5,6)7/h19,23-34,40-45,49-50,57-58,69,81H,1,20-22,35-39,46-48H2,2-18H3,(H,79,87)(H,80,86)(H,82,92)(H,83,93)(H,90,91). The second-order valence-electron chi connectivity index (χ2n) is 29.2. The van der Waals surface area contributed by atoms with Gasteiger partial charge in [-0.1, -0.05) is 104 Å². The van der Waals surface area contributed by atoms with Crippen LogP contribution in [0.2, 0.25) is 36.3 Å². The van der Waals surface area contributed by atoms with Crippen molar-refractivity contribution in [2.45, 2.75) is 161 Å². The smallest absolute Gasteiger partial charge is 0.411 e. The zero-order chi connectivity index (χ0) is 77.1. The molecule has 2 heterocycles. The fraction of sp³-hybridized carbons (Fsp3) is 0.449. The molecule has 6 N–H and O–H groups in total. The maximum absolute atomic E-state index is 15.4. The Bertz CT molecular complexity index is 3940. The van der Waals surface area contributed by atoms with Crippen LogP contribution in [0.5, 0.6) is 34.5 Å². The molecule has 105 heavy (non-hydrogen) atoms. The molecule has 2 aliphatic heterocycles. The highest BCUT2D eigenvalue weighted by molar-refractivity contribution is 6.74. The summed E-state index contributed by atoms with van der Waals surface area (Å²) in [5.41, 5.74) is 4.71.